The van der Waals surface area contributed by atoms with E-state index < -0.39 is 0 Å². The van der Waals surface area contributed by atoms with E-state index in [0.717, 1.165) is 50.9 Å². The van der Waals surface area contributed by atoms with E-state index in [1.54, 1.807) is 6.26 Å². The molecule has 0 radical (unpaired) electrons. The monoisotopic (exact) mass is 323 g/mol. The highest BCUT2D eigenvalue weighted by Gasteiger charge is 2.22. The summed E-state index contributed by atoms with van der Waals surface area (Å²) in [4.78, 5) is 9.36. The molecular weight excluding hydrogens is 294 g/mol. The Bertz CT molecular complexity index is 479. The molecule has 1 aromatic rings. The van der Waals surface area contributed by atoms with Gasteiger partial charge in [0, 0.05) is 57.4 Å². The van der Waals surface area contributed by atoms with Crippen LogP contribution >= 0.6 is 0 Å². The zero-order chi connectivity index (χ0) is 16.7. The molecule has 1 aliphatic rings. The minimum Gasteiger partial charge on any atom is -0.396 e. The van der Waals surface area contributed by atoms with Gasteiger partial charge in [-0.05, 0) is 6.92 Å². The number of hydrogen-bond acceptors (Lipinski definition) is 5. The Hall–Kier alpha value is -1.60. The van der Waals surface area contributed by atoms with Gasteiger partial charge in [-0.3, -0.25) is 9.89 Å². The minimum absolute atomic E-state index is 0.140. The van der Waals surface area contributed by atoms with Gasteiger partial charge in [0.25, 0.3) is 0 Å². The van der Waals surface area contributed by atoms with Crippen LogP contribution in [-0.2, 0) is 6.54 Å². The van der Waals surface area contributed by atoms with Crippen LogP contribution in [0.25, 0.3) is 0 Å². The molecule has 0 atom stereocenters. The zero-order valence-electron chi connectivity index (χ0n) is 14.5. The number of nitrogens with one attached hydrogen (secondary N) is 1. The first-order valence-corrected chi connectivity index (χ1v) is 8.30. The van der Waals surface area contributed by atoms with Gasteiger partial charge in [0.1, 0.15) is 6.26 Å². The predicted molar refractivity (Wildman–Crippen MR) is 90.2 cm³/mol. The highest BCUT2D eigenvalue weighted by Crippen LogP contribution is 2.14. The summed E-state index contributed by atoms with van der Waals surface area (Å²) in [6.07, 6.45) is 1.62. The largest absolute Gasteiger partial charge is 0.396 e. The van der Waals surface area contributed by atoms with Crippen molar-refractivity contribution in [2.45, 2.75) is 27.3 Å². The van der Waals surface area contributed by atoms with E-state index in [0.29, 0.717) is 6.54 Å². The fourth-order valence-corrected chi connectivity index (χ4v) is 2.43. The summed E-state index contributed by atoms with van der Waals surface area (Å²) in [6, 6.07) is 1.91. The molecule has 130 valence electrons. The Labute approximate surface area is 138 Å². The molecule has 0 aromatic carbocycles. The minimum atomic E-state index is -0.185. The van der Waals surface area contributed by atoms with Crippen LogP contribution in [-0.4, -0.2) is 71.9 Å². The van der Waals surface area contributed by atoms with Gasteiger partial charge in [-0.15, -0.1) is 0 Å². The van der Waals surface area contributed by atoms with Crippen molar-refractivity contribution in [1.82, 2.24) is 20.3 Å². The number of guanidine groups is 1. The second-order valence-electron chi connectivity index (χ2n) is 6.75. The molecular formula is C16H29N5O2. The van der Waals surface area contributed by atoms with Crippen molar-refractivity contribution in [3.8, 4) is 0 Å². The lowest BCUT2D eigenvalue weighted by Crippen LogP contribution is -2.52. The molecule has 1 aliphatic heterocycles. The summed E-state index contributed by atoms with van der Waals surface area (Å²) in [5.41, 5.74) is 0.791. The Balaban J connectivity index is 1.88. The summed E-state index contributed by atoms with van der Waals surface area (Å²) in [7, 11) is 0. The molecule has 2 N–H and O–H groups in total. The molecule has 0 saturated carbocycles. The van der Waals surface area contributed by atoms with Crippen LogP contribution in [0, 0.1) is 5.41 Å². The van der Waals surface area contributed by atoms with Crippen LogP contribution < -0.4 is 5.32 Å². The highest BCUT2D eigenvalue weighted by molar-refractivity contribution is 5.80. The summed E-state index contributed by atoms with van der Waals surface area (Å²) in [6.45, 7) is 12.4. The van der Waals surface area contributed by atoms with Gasteiger partial charge >= 0.3 is 0 Å². The van der Waals surface area contributed by atoms with Crippen LogP contribution in [0.15, 0.2) is 21.8 Å². The molecule has 0 spiro atoms. The molecule has 0 amide bonds. The third kappa shape index (κ3) is 5.51. The van der Waals surface area contributed by atoms with Gasteiger partial charge in [-0.25, -0.2) is 0 Å². The van der Waals surface area contributed by atoms with Crippen LogP contribution in [0.1, 0.15) is 26.5 Å². The summed E-state index contributed by atoms with van der Waals surface area (Å²) in [5.74, 6) is 0.940. The fourth-order valence-electron chi connectivity index (χ4n) is 2.43. The topological polar surface area (TPSA) is 77.1 Å². The molecule has 1 saturated heterocycles. The molecule has 0 aliphatic carbocycles. The van der Waals surface area contributed by atoms with E-state index in [1.165, 1.54) is 0 Å². The summed E-state index contributed by atoms with van der Waals surface area (Å²) >= 11 is 0. The number of aliphatic imine (C=N–C) groups is 1. The Kier molecular flexibility index (Phi) is 6.41. The van der Waals surface area contributed by atoms with E-state index in [2.05, 4.69) is 27.2 Å². The fraction of sp³-hybridized carbons (Fsp3) is 0.750. The van der Waals surface area contributed by atoms with Gasteiger partial charge in [0.05, 0.1) is 12.2 Å². The molecule has 1 fully saturated rings. The second kappa shape index (κ2) is 8.31. The number of nitrogens with zero attached hydrogens (tertiary/aromatic N) is 4. The molecule has 7 heteroatoms. The van der Waals surface area contributed by atoms with Crippen LogP contribution in [0.5, 0.6) is 0 Å². The van der Waals surface area contributed by atoms with Gasteiger partial charge in [0.15, 0.2) is 5.96 Å². The number of aliphatic hydroxyl groups is 1. The van der Waals surface area contributed by atoms with Crippen molar-refractivity contribution in [3.05, 3.63) is 18.0 Å². The standard InChI is InChI=1S/C16H29N5O2/c1-4-17-15(18-12-16(2,3)13-22)21-8-6-20(7-9-21)11-14-5-10-23-19-14/h5,10,22H,4,6-9,11-13H2,1-3H3,(H,17,18). The zero-order valence-corrected chi connectivity index (χ0v) is 14.5. The molecule has 2 rings (SSSR count). The predicted octanol–water partition coefficient (Wildman–Crippen LogP) is 0.776. The van der Waals surface area contributed by atoms with Crippen molar-refractivity contribution in [2.24, 2.45) is 10.4 Å². The van der Waals surface area contributed by atoms with E-state index in [-0.39, 0.29) is 12.0 Å². The van der Waals surface area contributed by atoms with E-state index >= 15 is 0 Å². The van der Waals surface area contributed by atoms with Gasteiger partial charge in [-0.1, -0.05) is 19.0 Å². The third-order valence-corrected chi connectivity index (χ3v) is 3.97. The van der Waals surface area contributed by atoms with E-state index in [1.807, 2.05) is 19.9 Å². The van der Waals surface area contributed by atoms with Gasteiger partial charge in [-0.2, -0.15) is 0 Å². The van der Waals surface area contributed by atoms with Crippen LogP contribution in [0.3, 0.4) is 0 Å². The Morgan fingerprint density at radius 1 is 1.39 bits per heavy atom. The first-order valence-electron chi connectivity index (χ1n) is 8.30. The SMILES string of the molecule is CCNC(=NCC(C)(C)CO)N1CCN(Cc2ccon2)CC1. The molecule has 2 heterocycles. The molecule has 23 heavy (non-hydrogen) atoms. The molecule has 7 nitrogen and oxygen atoms in total. The molecule has 0 bridgehead atoms. The van der Waals surface area contributed by atoms with Gasteiger partial charge < -0.3 is 19.8 Å². The quantitative estimate of drug-likeness (QED) is 0.595. The van der Waals surface area contributed by atoms with Crippen molar-refractivity contribution in [1.29, 1.82) is 0 Å². The van der Waals surface area contributed by atoms with Crippen molar-refractivity contribution in [2.75, 3.05) is 45.9 Å². The van der Waals surface area contributed by atoms with Crippen molar-refractivity contribution >= 4 is 5.96 Å². The second-order valence-corrected chi connectivity index (χ2v) is 6.75. The maximum atomic E-state index is 9.38. The highest BCUT2D eigenvalue weighted by atomic mass is 16.5. The number of rotatable bonds is 6. The lowest BCUT2D eigenvalue weighted by Gasteiger charge is -2.36. The lowest BCUT2D eigenvalue weighted by atomic mass is 9.95. The first-order chi connectivity index (χ1) is 11.0. The Morgan fingerprint density at radius 3 is 2.70 bits per heavy atom. The maximum absolute atomic E-state index is 9.38. The average Bonchev–Trinajstić information content (AvgIpc) is 3.05. The normalized spacial score (nSPS) is 17.6. The Morgan fingerprint density at radius 2 is 2.13 bits per heavy atom. The summed E-state index contributed by atoms with van der Waals surface area (Å²) < 4.78 is 4.89. The first kappa shape index (κ1) is 17.7. The molecule has 0 unspecified atom stereocenters. The number of piperazine rings is 1. The van der Waals surface area contributed by atoms with Crippen LogP contribution in [0.4, 0.5) is 0 Å². The van der Waals surface area contributed by atoms with Crippen LogP contribution in [0.2, 0.25) is 0 Å². The van der Waals surface area contributed by atoms with E-state index in [4.69, 9.17) is 9.52 Å². The number of aliphatic hydroxyl groups excluding tert-OH is 1. The number of aromatic nitrogens is 1. The summed E-state index contributed by atoms with van der Waals surface area (Å²) in [5, 5.41) is 16.7. The average molecular weight is 323 g/mol. The smallest absolute Gasteiger partial charge is 0.194 e. The van der Waals surface area contributed by atoms with Crippen molar-refractivity contribution in [3.63, 3.8) is 0 Å². The van der Waals surface area contributed by atoms with Gasteiger partial charge in [0.2, 0.25) is 0 Å². The lowest BCUT2D eigenvalue weighted by molar-refractivity contribution is 0.161. The van der Waals surface area contributed by atoms with Crippen molar-refractivity contribution < 1.29 is 9.63 Å². The molecule has 1 aromatic heterocycles. The third-order valence-electron chi connectivity index (χ3n) is 3.97. The number of hydrogen-bond donors (Lipinski definition) is 2. The maximum Gasteiger partial charge on any atom is 0.194 e. The van der Waals surface area contributed by atoms with E-state index in [9.17, 15) is 5.11 Å².